The van der Waals surface area contributed by atoms with Crippen LogP contribution in [-0.4, -0.2) is 34.1 Å². The van der Waals surface area contributed by atoms with Crippen molar-refractivity contribution in [2.75, 3.05) is 19.5 Å². The summed E-state index contributed by atoms with van der Waals surface area (Å²) in [7, 11) is 2.83. The molecule has 2 heterocycles. The van der Waals surface area contributed by atoms with E-state index >= 15 is 0 Å². The van der Waals surface area contributed by atoms with Gasteiger partial charge in [0.15, 0.2) is 0 Å². The summed E-state index contributed by atoms with van der Waals surface area (Å²) in [5, 5.41) is 14.0. The largest absolute Gasteiger partial charge is 0.481 e. The molecule has 9 heteroatoms. The van der Waals surface area contributed by atoms with Gasteiger partial charge in [0, 0.05) is 18.8 Å². The first kappa shape index (κ1) is 14.4. The minimum Gasteiger partial charge on any atom is -0.481 e. The maximum atomic E-state index is 11.1. The van der Waals surface area contributed by atoms with Gasteiger partial charge in [-0.2, -0.15) is 4.98 Å². The van der Waals surface area contributed by atoms with Crippen molar-refractivity contribution in [2.45, 2.75) is 6.54 Å². The molecule has 2 aromatic rings. The van der Waals surface area contributed by atoms with Crippen molar-refractivity contribution in [3.8, 4) is 11.8 Å². The number of nitrogens with zero attached hydrogens (tertiary/aromatic N) is 4. The molecule has 0 aliphatic carbocycles. The standard InChI is InChI=1S/C12H13N5O4/c1-20-9-5-8(3-4-13-9)6-14-11-10(17(18)19)12(21-2)16-7-15-11/h3-5,7H,6H2,1-2H3,(H,14,15,16). The van der Waals surface area contributed by atoms with Gasteiger partial charge >= 0.3 is 5.69 Å². The molecule has 9 nitrogen and oxygen atoms in total. The van der Waals surface area contributed by atoms with E-state index in [4.69, 9.17) is 9.47 Å². The van der Waals surface area contributed by atoms with Gasteiger partial charge < -0.3 is 14.8 Å². The van der Waals surface area contributed by atoms with Gasteiger partial charge in [0.05, 0.1) is 19.1 Å². The third-order valence-electron chi connectivity index (χ3n) is 2.63. The molecule has 0 spiro atoms. The second-order valence-electron chi connectivity index (χ2n) is 3.90. The Morgan fingerprint density at radius 1 is 1.29 bits per heavy atom. The lowest BCUT2D eigenvalue weighted by atomic mass is 10.2. The van der Waals surface area contributed by atoms with E-state index in [1.807, 2.05) is 0 Å². The summed E-state index contributed by atoms with van der Waals surface area (Å²) in [6.45, 7) is 0.319. The second kappa shape index (κ2) is 6.46. The van der Waals surface area contributed by atoms with Crippen molar-refractivity contribution in [1.82, 2.24) is 15.0 Å². The van der Waals surface area contributed by atoms with Crippen LogP contribution in [0.25, 0.3) is 0 Å². The number of pyridine rings is 1. The zero-order valence-electron chi connectivity index (χ0n) is 11.4. The van der Waals surface area contributed by atoms with Crippen LogP contribution in [0.15, 0.2) is 24.7 Å². The van der Waals surface area contributed by atoms with Gasteiger partial charge in [0.1, 0.15) is 6.33 Å². The monoisotopic (exact) mass is 291 g/mol. The Kier molecular flexibility index (Phi) is 4.44. The zero-order valence-corrected chi connectivity index (χ0v) is 11.4. The fraction of sp³-hybridized carbons (Fsp3) is 0.250. The number of anilines is 1. The van der Waals surface area contributed by atoms with Crippen LogP contribution >= 0.6 is 0 Å². The highest BCUT2D eigenvalue weighted by Crippen LogP contribution is 2.30. The fourth-order valence-corrected chi connectivity index (χ4v) is 1.66. The van der Waals surface area contributed by atoms with Crippen LogP contribution in [0.3, 0.4) is 0 Å². The smallest absolute Gasteiger partial charge is 0.372 e. The maximum absolute atomic E-state index is 11.1. The van der Waals surface area contributed by atoms with Gasteiger partial charge in [-0.05, 0) is 11.6 Å². The molecule has 0 amide bonds. The first-order valence-electron chi connectivity index (χ1n) is 5.92. The van der Waals surface area contributed by atoms with Crippen LogP contribution in [0.2, 0.25) is 0 Å². The van der Waals surface area contributed by atoms with Crippen molar-refractivity contribution in [3.05, 3.63) is 40.3 Å². The van der Waals surface area contributed by atoms with E-state index < -0.39 is 4.92 Å². The van der Waals surface area contributed by atoms with Gasteiger partial charge in [-0.15, -0.1) is 0 Å². The van der Waals surface area contributed by atoms with Gasteiger partial charge in [-0.3, -0.25) is 10.1 Å². The lowest BCUT2D eigenvalue weighted by Gasteiger charge is -2.08. The average Bonchev–Trinajstić information content (AvgIpc) is 2.52. The van der Waals surface area contributed by atoms with E-state index in [1.54, 1.807) is 18.3 Å². The first-order valence-corrected chi connectivity index (χ1v) is 5.92. The molecule has 0 unspecified atom stereocenters. The van der Waals surface area contributed by atoms with Gasteiger partial charge in [-0.25, -0.2) is 9.97 Å². The summed E-state index contributed by atoms with van der Waals surface area (Å²) in [6, 6.07) is 3.48. The highest BCUT2D eigenvalue weighted by Gasteiger charge is 2.23. The normalized spacial score (nSPS) is 10.0. The molecule has 0 radical (unpaired) electrons. The predicted molar refractivity (Wildman–Crippen MR) is 73.4 cm³/mol. The molecule has 0 bridgehead atoms. The molecule has 2 aromatic heterocycles. The molecule has 0 aliphatic rings. The Morgan fingerprint density at radius 3 is 2.76 bits per heavy atom. The number of hydrogen-bond donors (Lipinski definition) is 1. The highest BCUT2D eigenvalue weighted by molar-refractivity contribution is 5.61. The molecule has 0 aromatic carbocycles. The molecule has 0 atom stereocenters. The molecular weight excluding hydrogens is 278 g/mol. The van der Waals surface area contributed by atoms with Crippen LogP contribution in [0, 0.1) is 10.1 Å². The molecule has 21 heavy (non-hydrogen) atoms. The van der Waals surface area contributed by atoms with E-state index in [1.165, 1.54) is 20.5 Å². The third kappa shape index (κ3) is 3.32. The third-order valence-corrected chi connectivity index (χ3v) is 2.63. The number of nitro groups is 1. The van der Waals surface area contributed by atoms with Crippen LogP contribution in [0.4, 0.5) is 11.5 Å². The van der Waals surface area contributed by atoms with Crippen molar-refractivity contribution in [2.24, 2.45) is 0 Å². The molecule has 0 saturated carbocycles. The summed E-state index contributed by atoms with van der Waals surface area (Å²) in [5.74, 6) is 0.455. The van der Waals surface area contributed by atoms with Crippen LogP contribution in [0.5, 0.6) is 11.8 Å². The topological polar surface area (TPSA) is 112 Å². The number of hydrogen-bond acceptors (Lipinski definition) is 8. The van der Waals surface area contributed by atoms with Gasteiger partial charge in [0.2, 0.25) is 11.7 Å². The Balaban J connectivity index is 2.21. The summed E-state index contributed by atoms with van der Waals surface area (Å²) in [4.78, 5) is 22.1. The number of aromatic nitrogens is 3. The minimum atomic E-state index is -0.589. The molecule has 110 valence electrons. The van der Waals surface area contributed by atoms with E-state index in [2.05, 4.69) is 20.3 Å². The molecule has 0 saturated heterocycles. The molecule has 0 fully saturated rings. The Bertz CT molecular complexity index is 649. The van der Waals surface area contributed by atoms with Gasteiger partial charge in [0.25, 0.3) is 5.88 Å². The van der Waals surface area contributed by atoms with Crippen LogP contribution in [-0.2, 0) is 6.54 Å². The van der Waals surface area contributed by atoms with Crippen LogP contribution in [0.1, 0.15) is 5.56 Å². The number of nitrogens with one attached hydrogen (secondary N) is 1. The lowest BCUT2D eigenvalue weighted by Crippen LogP contribution is -2.07. The molecular formula is C12H13N5O4. The lowest BCUT2D eigenvalue weighted by molar-refractivity contribution is -0.385. The number of ether oxygens (including phenoxy) is 2. The molecule has 0 aliphatic heterocycles. The summed E-state index contributed by atoms with van der Waals surface area (Å²) in [5.41, 5.74) is 0.537. The average molecular weight is 291 g/mol. The Labute approximate surface area is 120 Å². The van der Waals surface area contributed by atoms with Gasteiger partial charge in [-0.1, -0.05) is 0 Å². The van der Waals surface area contributed by atoms with Crippen molar-refractivity contribution in [3.63, 3.8) is 0 Å². The predicted octanol–water partition coefficient (Wildman–Crippen LogP) is 1.41. The summed E-state index contributed by atoms with van der Waals surface area (Å²) >= 11 is 0. The number of methoxy groups -OCH3 is 2. The summed E-state index contributed by atoms with van der Waals surface area (Å²) < 4.78 is 9.89. The zero-order chi connectivity index (χ0) is 15.2. The number of rotatable bonds is 6. The van der Waals surface area contributed by atoms with E-state index in [-0.39, 0.29) is 17.4 Å². The molecule has 2 rings (SSSR count). The molecule has 1 N–H and O–H groups in total. The van der Waals surface area contributed by atoms with Crippen LogP contribution < -0.4 is 14.8 Å². The van der Waals surface area contributed by atoms with E-state index in [9.17, 15) is 10.1 Å². The summed E-state index contributed by atoms with van der Waals surface area (Å²) in [6.07, 6.45) is 2.78. The maximum Gasteiger partial charge on any atom is 0.372 e. The van der Waals surface area contributed by atoms with E-state index in [0.29, 0.717) is 12.4 Å². The highest BCUT2D eigenvalue weighted by atomic mass is 16.6. The van der Waals surface area contributed by atoms with Crippen molar-refractivity contribution >= 4 is 11.5 Å². The van der Waals surface area contributed by atoms with Crippen molar-refractivity contribution < 1.29 is 14.4 Å². The second-order valence-corrected chi connectivity index (χ2v) is 3.90. The Hall–Kier alpha value is -2.97. The fourth-order valence-electron chi connectivity index (χ4n) is 1.66. The Morgan fingerprint density at radius 2 is 2.10 bits per heavy atom. The quantitative estimate of drug-likeness (QED) is 0.628. The van der Waals surface area contributed by atoms with Crippen molar-refractivity contribution in [1.29, 1.82) is 0 Å². The minimum absolute atomic E-state index is 0.0858. The van der Waals surface area contributed by atoms with E-state index in [0.717, 1.165) is 5.56 Å². The SMILES string of the molecule is COc1cc(CNc2ncnc(OC)c2[N+](=O)[O-])ccn1. The first-order chi connectivity index (χ1) is 10.2.